The maximum absolute atomic E-state index is 12.3. The van der Waals surface area contributed by atoms with Crippen LogP contribution in [-0.2, 0) is 6.54 Å². The van der Waals surface area contributed by atoms with Gasteiger partial charge in [0.15, 0.2) is 5.16 Å². The van der Waals surface area contributed by atoms with Crippen molar-refractivity contribution in [1.29, 1.82) is 5.26 Å². The first kappa shape index (κ1) is 13.9. The first-order valence-electron chi connectivity index (χ1n) is 6.90. The molecule has 2 aromatic rings. The number of rotatable bonds is 2. The molecule has 1 aromatic carbocycles. The minimum atomic E-state index is -0.226. The van der Waals surface area contributed by atoms with Crippen molar-refractivity contribution in [2.45, 2.75) is 31.5 Å². The van der Waals surface area contributed by atoms with E-state index in [4.69, 9.17) is 0 Å². The molecule has 4 nitrogen and oxygen atoms in total. The molecule has 0 bridgehead atoms. The van der Waals surface area contributed by atoms with Crippen LogP contribution in [0, 0.1) is 11.3 Å². The van der Waals surface area contributed by atoms with E-state index in [9.17, 15) is 10.1 Å². The molecule has 21 heavy (non-hydrogen) atoms. The summed E-state index contributed by atoms with van der Waals surface area (Å²) in [6, 6.07) is 9.96. The summed E-state index contributed by atoms with van der Waals surface area (Å²) >= 11 is 1.56. The summed E-state index contributed by atoms with van der Waals surface area (Å²) in [5.74, 6) is 1.28. The maximum Gasteiger partial charge on any atom is 0.272 e. The Bertz CT molecular complexity index is 785. The molecule has 0 saturated carbocycles. The van der Waals surface area contributed by atoms with Gasteiger partial charge in [0.05, 0.1) is 5.69 Å². The predicted molar refractivity (Wildman–Crippen MR) is 83.5 cm³/mol. The molecule has 0 unspecified atom stereocenters. The van der Waals surface area contributed by atoms with Crippen LogP contribution in [0.15, 0.2) is 34.2 Å². The highest BCUT2D eigenvalue weighted by molar-refractivity contribution is 7.99. The molecule has 1 aliphatic heterocycles. The molecule has 1 aromatic heterocycles. The normalized spacial score (nSPS) is 13.2. The van der Waals surface area contributed by atoms with Gasteiger partial charge < -0.3 is 0 Å². The second-order valence-electron chi connectivity index (χ2n) is 5.31. The highest BCUT2D eigenvalue weighted by Gasteiger charge is 2.21. The lowest BCUT2D eigenvalue weighted by molar-refractivity contribution is 0.655. The van der Waals surface area contributed by atoms with E-state index >= 15 is 0 Å². The molecule has 0 fully saturated rings. The van der Waals surface area contributed by atoms with Crippen LogP contribution in [0.25, 0.3) is 11.3 Å². The number of nitriles is 1. The molecule has 2 heterocycles. The zero-order valence-corrected chi connectivity index (χ0v) is 12.8. The van der Waals surface area contributed by atoms with Crippen molar-refractivity contribution in [3.63, 3.8) is 0 Å². The molecule has 3 rings (SSSR count). The van der Waals surface area contributed by atoms with Crippen LogP contribution >= 0.6 is 11.8 Å². The van der Waals surface area contributed by atoms with Crippen molar-refractivity contribution in [3.05, 3.63) is 45.7 Å². The van der Waals surface area contributed by atoms with E-state index in [-0.39, 0.29) is 11.1 Å². The number of aromatic nitrogens is 2. The third kappa shape index (κ3) is 2.36. The number of nitrogens with zero attached hydrogens (tertiary/aromatic N) is 3. The second kappa shape index (κ2) is 5.38. The Morgan fingerprint density at radius 3 is 2.67 bits per heavy atom. The molecule has 0 spiro atoms. The summed E-state index contributed by atoms with van der Waals surface area (Å²) in [6.07, 6.45) is 0. The van der Waals surface area contributed by atoms with Crippen LogP contribution in [0.1, 0.15) is 30.9 Å². The number of benzene rings is 1. The minimum absolute atomic E-state index is 0.138. The van der Waals surface area contributed by atoms with Gasteiger partial charge in [-0.3, -0.25) is 9.36 Å². The minimum Gasteiger partial charge on any atom is -0.286 e. The van der Waals surface area contributed by atoms with Crippen LogP contribution in [-0.4, -0.2) is 15.3 Å². The summed E-state index contributed by atoms with van der Waals surface area (Å²) in [7, 11) is 0. The lowest BCUT2D eigenvalue weighted by atomic mass is 10.00. The van der Waals surface area contributed by atoms with E-state index in [1.165, 1.54) is 5.56 Å². The number of hydrogen-bond acceptors (Lipinski definition) is 4. The zero-order valence-electron chi connectivity index (χ0n) is 12.0. The topological polar surface area (TPSA) is 58.7 Å². The molecular weight excluding hydrogens is 282 g/mol. The Morgan fingerprint density at radius 2 is 2.05 bits per heavy atom. The third-order valence-corrected chi connectivity index (χ3v) is 4.60. The number of thioether (sulfide) groups is 1. The van der Waals surface area contributed by atoms with Gasteiger partial charge in [-0.05, 0) is 11.5 Å². The Labute approximate surface area is 127 Å². The summed E-state index contributed by atoms with van der Waals surface area (Å²) in [4.78, 5) is 16.9. The fourth-order valence-electron chi connectivity index (χ4n) is 2.41. The zero-order chi connectivity index (χ0) is 15.0. The largest absolute Gasteiger partial charge is 0.286 e. The molecule has 106 valence electrons. The van der Waals surface area contributed by atoms with Gasteiger partial charge in [-0.2, -0.15) is 5.26 Å². The quantitative estimate of drug-likeness (QED) is 0.800. The number of hydrogen-bond donors (Lipinski definition) is 0. The molecular formula is C16H15N3OS. The summed E-state index contributed by atoms with van der Waals surface area (Å²) < 4.78 is 1.59. The van der Waals surface area contributed by atoms with Gasteiger partial charge in [-0.25, -0.2) is 4.98 Å². The van der Waals surface area contributed by atoms with Gasteiger partial charge in [-0.15, -0.1) is 0 Å². The smallest absolute Gasteiger partial charge is 0.272 e. The van der Waals surface area contributed by atoms with Crippen molar-refractivity contribution in [1.82, 2.24) is 9.55 Å². The molecule has 0 atom stereocenters. The van der Waals surface area contributed by atoms with Crippen LogP contribution in [0.4, 0.5) is 0 Å². The van der Waals surface area contributed by atoms with Crippen LogP contribution < -0.4 is 5.56 Å². The monoisotopic (exact) mass is 297 g/mol. The maximum atomic E-state index is 12.3. The molecule has 1 aliphatic rings. The molecule has 0 saturated heterocycles. The predicted octanol–water partition coefficient (Wildman–Crippen LogP) is 3.01. The highest BCUT2D eigenvalue weighted by Crippen LogP contribution is 2.27. The summed E-state index contributed by atoms with van der Waals surface area (Å²) in [5, 5.41) is 10.0. The SMILES string of the molecule is CC(C)c1ccc(-c2nc3n(c(=O)c2C#N)CCS3)cc1. The Kier molecular flexibility index (Phi) is 3.56. The van der Waals surface area contributed by atoms with Gasteiger partial charge >= 0.3 is 0 Å². The standard InChI is InChI=1S/C16H15N3OS/c1-10(2)11-3-5-12(6-4-11)14-13(9-17)15(20)19-7-8-21-16(19)18-14/h3-6,10H,7-8H2,1-2H3. The molecule has 0 radical (unpaired) electrons. The van der Waals surface area contributed by atoms with Gasteiger partial charge in [0.2, 0.25) is 0 Å². The van der Waals surface area contributed by atoms with Crippen LogP contribution in [0.5, 0.6) is 0 Å². The van der Waals surface area contributed by atoms with Crippen molar-refractivity contribution < 1.29 is 0 Å². The second-order valence-corrected chi connectivity index (χ2v) is 6.37. The average Bonchev–Trinajstić information content (AvgIpc) is 2.96. The molecule has 5 heteroatoms. The number of fused-ring (bicyclic) bond motifs is 1. The first-order valence-corrected chi connectivity index (χ1v) is 7.88. The third-order valence-electron chi connectivity index (χ3n) is 3.64. The van der Waals surface area contributed by atoms with Gasteiger partial charge in [0.1, 0.15) is 11.6 Å². The molecule has 0 N–H and O–H groups in total. The van der Waals surface area contributed by atoms with E-state index in [0.29, 0.717) is 23.3 Å². The molecule has 0 aliphatic carbocycles. The van der Waals surface area contributed by atoms with E-state index in [0.717, 1.165) is 11.3 Å². The van der Waals surface area contributed by atoms with E-state index in [1.807, 2.05) is 30.3 Å². The van der Waals surface area contributed by atoms with Crippen molar-refractivity contribution in [2.75, 3.05) is 5.75 Å². The lowest BCUT2D eigenvalue weighted by Crippen LogP contribution is -2.24. The van der Waals surface area contributed by atoms with Crippen LogP contribution in [0.3, 0.4) is 0 Å². The lowest BCUT2D eigenvalue weighted by Gasteiger charge is -2.09. The summed E-state index contributed by atoms with van der Waals surface area (Å²) in [5.41, 5.74) is 2.46. The highest BCUT2D eigenvalue weighted by atomic mass is 32.2. The Hall–Kier alpha value is -2.06. The van der Waals surface area contributed by atoms with Crippen molar-refractivity contribution >= 4 is 11.8 Å². The fraction of sp³-hybridized carbons (Fsp3) is 0.312. The van der Waals surface area contributed by atoms with Gasteiger partial charge in [-0.1, -0.05) is 49.9 Å². The Morgan fingerprint density at radius 1 is 1.33 bits per heavy atom. The van der Waals surface area contributed by atoms with Crippen molar-refractivity contribution in [3.8, 4) is 17.3 Å². The molecule has 0 amide bonds. The van der Waals surface area contributed by atoms with E-state index in [1.54, 1.807) is 16.3 Å². The van der Waals surface area contributed by atoms with Gasteiger partial charge in [0, 0.05) is 17.9 Å². The fourth-order valence-corrected chi connectivity index (χ4v) is 3.35. The van der Waals surface area contributed by atoms with Crippen LogP contribution in [0.2, 0.25) is 0 Å². The van der Waals surface area contributed by atoms with Crippen molar-refractivity contribution in [2.24, 2.45) is 0 Å². The Balaban J connectivity index is 2.17. The average molecular weight is 297 g/mol. The van der Waals surface area contributed by atoms with Gasteiger partial charge in [0.25, 0.3) is 5.56 Å². The van der Waals surface area contributed by atoms with E-state index < -0.39 is 0 Å². The first-order chi connectivity index (χ1) is 10.1. The van der Waals surface area contributed by atoms with E-state index in [2.05, 4.69) is 18.8 Å². The summed E-state index contributed by atoms with van der Waals surface area (Å²) in [6.45, 7) is 4.89.